The van der Waals surface area contributed by atoms with Crippen molar-refractivity contribution in [2.24, 2.45) is 17.8 Å². The number of hydrogen-bond donors (Lipinski definition) is 0. The van der Waals surface area contributed by atoms with Gasteiger partial charge in [-0.15, -0.1) is 0 Å². The highest BCUT2D eigenvalue weighted by atomic mass is 16.5. The molecule has 1 unspecified atom stereocenters. The van der Waals surface area contributed by atoms with E-state index in [4.69, 9.17) is 0 Å². The molecule has 0 spiro atoms. The minimum absolute atomic E-state index is 0.0651. The highest BCUT2D eigenvalue weighted by Crippen LogP contribution is 2.35. The number of Topliss-reactive ketones (excluding diaryl/α,β-unsaturated/α-hetero) is 2. The first-order valence-corrected chi connectivity index (χ1v) is 5.60. The van der Waals surface area contributed by atoms with Crippen molar-refractivity contribution in [2.75, 3.05) is 14.2 Å². The van der Waals surface area contributed by atoms with Crippen LogP contribution in [0.2, 0.25) is 0 Å². The average Bonchev–Trinajstić information content (AvgIpc) is 2.35. The fourth-order valence-corrected chi connectivity index (χ4v) is 2.44. The second-order valence-corrected chi connectivity index (χ2v) is 4.34. The Morgan fingerprint density at radius 2 is 1.39 bits per heavy atom. The van der Waals surface area contributed by atoms with E-state index in [0.29, 0.717) is 0 Å². The molecule has 1 fully saturated rings. The first-order valence-electron chi connectivity index (χ1n) is 5.60. The molecule has 0 aromatic carbocycles. The maximum atomic E-state index is 11.6. The summed E-state index contributed by atoms with van der Waals surface area (Å²) in [5, 5.41) is 0. The second-order valence-electron chi connectivity index (χ2n) is 4.34. The van der Waals surface area contributed by atoms with Gasteiger partial charge in [0.05, 0.1) is 26.1 Å². The third-order valence-corrected chi connectivity index (χ3v) is 3.24. The lowest BCUT2D eigenvalue weighted by Crippen LogP contribution is -2.44. The summed E-state index contributed by atoms with van der Waals surface area (Å²) in [5.74, 6) is -4.46. The molecule has 0 heterocycles. The van der Waals surface area contributed by atoms with Crippen LogP contribution in [0.15, 0.2) is 0 Å². The van der Waals surface area contributed by atoms with E-state index in [-0.39, 0.29) is 24.4 Å². The van der Waals surface area contributed by atoms with Crippen molar-refractivity contribution in [3.63, 3.8) is 0 Å². The zero-order chi connectivity index (χ0) is 13.9. The van der Waals surface area contributed by atoms with Gasteiger partial charge in [0.1, 0.15) is 11.6 Å². The average molecular weight is 256 g/mol. The molecule has 6 nitrogen and oxygen atoms in total. The molecule has 0 aromatic rings. The molecule has 1 rings (SSSR count). The Morgan fingerprint density at radius 3 is 1.67 bits per heavy atom. The van der Waals surface area contributed by atoms with Gasteiger partial charge in [0, 0.05) is 18.8 Å². The van der Waals surface area contributed by atoms with Gasteiger partial charge < -0.3 is 9.47 Å². The molecular weight excluding hydrogens is 240 g/mol. The Morgan fingerprint density at radius 1 is 1.00 bits per heavy atom. The summed E-state index contributed by atoms with van der Waals surface area (Å²) in [7, 11) is 2.37. The molecule has 0 radical (unpaired) electrons. The van der Waals surface area contributed by atoms with Crippen LogP contribution in [0.5, 0.6) is 0 Å². The van der Waals surface area contributed by atoms with E-state index in [1.54, 1.807) is 0 Å². The van der Waals surface area contributed by atoms with Crippen LogP contribution in [-0.4, -0.2) is 37.7 Å². The quantitative estimate of drug-likeness (QED) is 0.667. The molecule has 0 aromatic heterocycles. The molecule has 0 bridgehead atoms. The number of methoxy groups -OCH3 is 2. The van der Waals surface area contributed by atoms with E-state index >= 15 is 0 Å². The van der Waals surface area contributed by atoms with Gasteiger partial charge in [-0.05, 0) is 6.92 Å². The van der Waals surface area contributed by atoms with Crippen LogP contribution >= 0.6 is 0 Å². The van der Waals surface area contributed by atoms with Crippen LogP contribution in [0.3, 0.4) is 0 Å². The number of carbonyl (C=O) groups excluding carboxylic acids is 4. The second kappa shape index (κ2) is 5.75. The highest BCUT2D eigenvalue weighted by Gasteiger charge is 2.47. The molecule has 100 valence electrons. The van der Waals surface area contributed by atoms with Gasteiger partial charge in [0.15, 0.2) is 0 Å². The Balaban J connectivity index is 3.09. The molecule has 1 aliphatic rings. The zero-order valence-electron chi connectivity index (χ0n) is 10.6. The van der Waals surface area contributed by atoms with E-state index in [1.807, 2.05) is 0 Å². The van der Waals surface area contributed by atoms with Gasteiger partial charge in [-0.1, -0.05) is 0 Å². The van der Waals surface area contributed by atoms with Gasteiger partial charge in [0.25, 0.3) is 0 Å². The fraction of sp³-hybridized carbons (Fsp3) is 0.667. The van der Waals surface area contributed by atoms with Gasteiger partial charge in [0.2, 0.25) is 0 Å². The van der Waals surface area contributed by atoms with Crippen molar-refractivity contribution in [2.45, 2.75) is 19.8 Å². The van der Waals surface area contributed by atoms with Crippen LogP contribution in [0.1, 0.15) is 19.8 Å². The third-order valence-electron chi connectivity index (χ3n) is 3.24. The topological polar surface area (TPSA) is 86.7 Å². The van der Waals surface area contributed by atoms with Crippen LogP contribution in [0.25, 0.3) is 0 Å². The lowest BCUT2D eigenvalue weighted by molar-refractivity contribution is -0.162. The number of carbonyl (C=O) groups is 4. The predicted molar refractivity (Wildman–Crippen MR) is 59.4 cm³/mol. The van der Waals surface area contributed by atoms with Crippen molar-refractivity contribution < 1.29 is 28.7 Å². The summed E-state index contributed by atoms with van der Waals surface area (Å²) in [5.41, 5.74) is 0. The standard InChI is InChI=1S/C12H16O6/c1-6(13)10-8(11(15)17-2)4-7(14)5-9(10)12(16)18-3/h8-10H,4-5H2,1-3H3/t8-,9+,10?. The molecule has 0 saturated heterocycles. The van der Waals surface area contributed by atoms with E-state index in [1.165, 1.54) is 21.1 Å². The maximum absolute atomic E-state index is 11.6. The molecule has 1 aliphatic carbocycles. The van der Waals surface area contributed by atoms with Crippen LogP contribution in [-0.2, 0) is 28.7 Å². The minimum Gasteiger partial charge on any atom is -0.469 e. The Bertz CT molecular complexity index is 358. The number of rotatable bonds is 3. The minimum atomic E-state index is -0.891. The highest BCUT2D eigenvalue weighted by molar-refractivity contribution is 5.97. The number of ketones is 2. The van der Waals surface area contributed by atoms with Crippen LogP contribution in [0, 0.1) is 17.8 Å². The van der Waals surface area contributed by atoms with Crippen LogP contribution in [0.4, 0.5) is 0 Å². The molecule has 0 N–H and O–H groups in total. The van der Waals surface area contributed by atoms with E-state index in [0.717, 1.165) is 0 Å². The van der Waals surface area contributed by atoms with Crippen LogP contribution < -0.4 is 0 Å². The van der Waals surface area contributed by atoms with E-state index in [9.17, 15) is 19.2 Å². The molecule has 0 aliphatic heterocycles. The maximum Gasteiger partial charge on any atom is 0.309 e. The normalized spacial score (nSPS) is 27.5. The molecule has 3 atom stereocenters. The zero-order valence-corrected chi connectivity index (χ0v) is 10.6. The Hall–Kier alpha value is -1.72. The lowest BCUT2D eigenvalue weighted by atomic mass is 9.69. The van der Waals surface area contributed by atoms with Crippen molar-refractivity contribution in [3.8, 4) is 0 Å². The first-order chi connectivity index (χ1) is 8.42. The van der Waals surface area contributed by atoms with Gasteiger partial charge >= 0.3 is 11.9 Å². The Labute approximate surface area is 105 Å². The molecule has 6 heteroatoms. The van der Waals surface area contributed by atoms with E-state index in [2.05, 4.69) is 9.47 Å². The summed E-state index contributed by atoms with van der Waals surface area (Å²) in [6, 6.07) is 0. The largest absolute Gasteiger partial charge is 0.469 e. The number of ether oxygens (including phenoxy) is 2. The summed E-state index contributed by atoms with van der Waals surface area (Å²) in [6.07, 6.45) is -0.130. The van der Waals surface area contributed by atoms with Gasteiger partial charge in [-0.25, -0.2) is 0 Å². The van der Waals surface area contributed by atoms with Crippen molar-refractivity contribution in [1.29, 1.82) is 0 Å². The molecule has 0 amide bonds. The number of esters is 2. The van der Waals surface area contributed by atoms with Gasteiger partial charge in [-0.2, -0.15) is 0 Å². The molecule has 18 heavy (non-hydrogen) atoms. The Kier molecular flexibility index (Phi) is 4.58. The predicted octanol–water partition coefficient (Wildman–Crippen LogP) is 0.133. The van der Waals surface area contributed by atoms with E-state index < -0.39 is 29.7 Å². The lowest BCUT2D eigenvalue weighted by Gasteiger charge is -2.32. The SMILES string of the molecule is COC(=O)[C@H]1CC(=O)C[C@@H](C(=O)OC)C1C(C)=O. The molecular formula is C12H16O6. The number of hydrogen-bond acceptors (Lipinski definition) is 6. The van der Waals surface area contributed by atoms with Crippen molar-refractivity contribution in [3.05, 3.63) is 0 Å². The smallest absolute Gasteiger partial charge is 0.309 e. The summed E-state index contributed by atoms with van der Waals surface area (Å²) < 4.78 is 9.17. The summed E-state index contributed by atoms with van der Waals surface area (Å²) in [4.78, 5) is 46.4. The summed E-state index contributed by atoms with van der Waals surface area (Å²) >= 11 is 0. The molecule has 1 saturated carbocycles. The third kappa shape index (κ3) is 2.75. The van der Waals surface area contributed by atoms with Gasteiger partial charge in [-0.3, -0.25) is 19.2 Å². The fourth-order valence-electron chi connectivity index (χ4n) is 2.44. The summed E-state index contributed by atoms with van der Waals surface area (Å²) in [6.45, 7) is 1.30. The monoisotopic (exact) mass is 256 g/mol. The first kappa shape index (κ1) is 14.3. The van der Waals surface area contributed by atoms with Crippen molar-refractivity contribution >= 4 is 23.5 Å². The van der Waals surface area contributed by atoms with Crippen molar-refractivity contribution in [1.82, 2.24) is 0 Å².